The summed E-state index contributed by atoms with van der Waals surface area (Å²) >= 11 is 1.17. The molecule has 1 aliphatic heterocycles. The molecule has 0 bridgehead atoms. The number of aryl methyl sites for hydroxylation is 2. The molecule has 31 heavy (non-hydrogen) atoms. The van der Waals surface area contributed by atoms with Gasteiger partial charge in [-0.15, -0.1) is 0 Å². The van der Waals surface area contributed by atoms with Crippen LogP contribution in [0.5, 0.6) is 5.75 Å². The molecule has 6 nitrogen and oxygen atoms in total. The molecule has 7 heteroatoms. The number of nitriles is 1. The van der Waals surface area contributed by atoms with Crippen LogP contribution in [0.2, 0.25) is 0 Å². The van der Waals surface area contributed by atoms with Gasteiger partial charge in [-0.3, -0.25) is 9.59 Å². The van der Waals surface area contributed by atoms with E-state index in [9.17, 15) is 14.9 Å². The zero-order valence-electron chi connectivity index (χ0n) is 17.8. The van der Waals surface area contributed by atoms with E-state index in [2.05, 4.69) is 16.7 Å². The smallest absolute Gasteiger partial charge is 0.234 e. The van der Waals surface area contributed by atoms with Crippen molar-refractivity contribution >= 4 is 29.3 Å². The van der Waals surface area contributed by atoms with Crippen LogP contribution < -0.4 is 15.4 Å². The molecule has 1 aliphatic rings. The normalized spacial score (nSPS) is 15.8. The third-order valence-corrected chi connectivity index (χ3v) is 6.10. The quantitative estimate of drug-likeness (QED) is 0.672. The number of thioether (sulfide) groups is 1. The van der Waals surface area contributed by atoms with Crippen LogP contribution in [-0.4, -0.2) is 24.2 Å². The van der Waals surface area contributed by atoms with E-state index >= 15 is 0 Å². The van der Waals surface area contributed by atoms with Gasteiger partial charge in [0.05, 0.1) is 29.0 Å². The van der Waals surface area contributed by atoms with Crippen LogP contribution in [0.25, 0.3) is 0 Å². The summed E-state index contributed by atoms with van der Waals surface area (Å²) in [4.78, 5) is 24.7. The van der Waals surface area contributed by atoms with E-state index in [0.717, 1.165) is 28.1 Å². The van der Waals surface area contributed by atoms with E-state index in [4.69, 9.17) is 4.74 Å². The van der Waals surface area contributed by atoms with Crippen LogP contribution in [-0.2, 0) is 9.59 Å². The third kappa shape index (κ3) is 5.68. The fourth-order valence-electron chi connectivity index (χ4n) is 3.33. The number of hydrogen-bond acceptors (Lipinski definition) is 5. The Kier molecular flexibility index (Phi) is 7.37. The maximum atomic E-state index is 12.4. The van der Waals surface area contributed by atoms with Crippen molar-refractivity contribution < 1.29 is 14.3 Å². The van der Waals surface area contributed by atoms with Crippen LogP contribution in [0, 0.1) is 25.2 Å². The Morgan fingerprint density at radius 3 is 2.61 bits per heavy atom. The Balaban J connectivity index is 1.73. The minimum atomic E-state index is -0.347. The Labute approximate surface area is 186 Å². The van der Waals surface area contributed by atoms with Gasteiger partial charge in [-0.05, 0) is 61.7 Å². The van der Waals surface area contributed by atoms with E-state index in [1.54, 1.807) is 0 Å². The molecule has 0 aliphatic carbocycles. The summed E-state index contributed by atoms with van der Waals surface area (Å²) in [5.74, 6) is 0.112. The molecule has 2 N–H and O–H groups in total. The molecule has 2 aromatic rings. The maximum Gasteiger partial charge on any atom is 0.234 e. The topological polar surface area (TPSA) is 91.2 Å². The van der Waals surface area contributed by atoms with E-state index in [-0.39, 0.29) is 29.9 Å². The lowest BCUT2D eigenvalue weighted by Crippen LogP contribution is -2.31. The predicted molar refractivity (Wildman–Crippen MR) is 123 cm³/mol. The van der Waals surface area contributed by atoms with Crippen molar-refractivity contribution in [2.24, 2.45) is 0 Å². The van der Waals surface area contributed by atoms with Crippen molar-refractivity contribution in [2.75, 3.05) is 17.7 Å². The lowest BCUT2D eigenvalue weighted by Gasteiger charge is -2.25. The predicted octanol–water partition coefficient (Wildman–Crippen LogP) is 4.41. The van der Waals surface area contributed by atoms with Crippen LogP contribution >= 0.6 is 11.8 Å². The summed E-state index contributed by atoms with van der Waals surface area (Å²) in [5.41, 5.74) is 4.31. The number of rotatable bonds is 7. The molecule has 2 aromatic carbocycles. The molecule has 0 fully saturated rings. The van der Waals surface area contributed by atoms with Crippen molar-refractivity contribution in [2.45, 2.75) is 33.1 Å². The van der Waals surface area contributed by atoms with Gasteiger partial charge in [-0.25, -0.2) is 0 Å². The summed E-state index contributed by atoms with van der Waals surface area (Å²) in [6.45, 7) is 6.48. The summed E-state index contributed by atoms with van der Waals surface area (Å²) in [6.07, 6.45) is 0.190. The number of hydrogen-bond donors (Lipinski definition) is 2. The van der Waals surface area contributed by atoms with Crippen LogP contribution in [0.3, 0.4) is 0 Å². The molecule has 0 aromatic heterocycles. The zero-order chi connectivity index (χ0) is 22.4. The summed E-state index contributed by atoms with van der Waals surface area (Å²) in [5, 5.41) is 15.8. The average Bonchev–Trinajstić information content (AvgIpc) is 2.75. The second-order valence-corrected chi connectivity index (χ2v) is 8.28. The average molecular weight is 436 g/mol. The molecule has 160 valence electrons. The summed E-state index contributed by atoms with van der Waals surface area (Å²) in [7, 11) is 0. The number of nitrogens with one attached hydrogen (secondary N) is 2. The molecule has 0 radical (unpaired) electrons. The van der Waals surface area contributed by atoms with Gasteiger partial charge in [-0.1, -0.05) is 30.0 Å². The largest absolute Gasteiger partial charge is 0.494 e. The molecule has 2 amide bonds. The standard InChI is InChI=1S/C24H25N3O3S/c1-4-30-19-9-6-17(7-10-19)20-12-22(28)27-24(21(20)13-25)31-14-23(29)26-18-8-5-15(2)16(3)11-18/h5-11,20H,4,12,14H2,1-3H3,(H,26,29)(H,27,28)/t20-/m0/s1. The lowest BCUT2D eigenvalue weighted by molar-refractivity contribution is -0.121. The summed E-state index contributed by atoms with van der Waals surface area (Å²) < 4.78 is 5.47. The summed E-state index contributed by atoms with van der Waals surface area (Å²) in [6, 6.07) is 15.4. The highest BCUT2D eigenvalue weighted by atomic mass is 32.2. The molecule has 0 saturated carbocycles. The molecule has 0 saturated heterocycles. The SMILES string of the molecule is CCOc1ccc([C@@H]2CC(=O)NC(SCC(=O)Nc3ccc(C)c(C)c3)=C2C#N)cc1. The first-order valence-corrected chi connectivity index (χ1v) is 11.1. The minimum Gasteiger partial charge on any atom is -0.494 e. The first-order chi connectivity index (χ1) is 14.9. The second-order valence-electron chi connectivity index (χ2n) is 7.30. The van der Waals surface area contributed by atoms with Gasteiger partial charge in [0.15, 0.2) is 0 Å². The Morgan fingerprint density at radius 2 is 1.97 bits per heavy atom. The van der Waals surface area contributed by atoms with Crippen molar-refractivity contribution in [3.05, 3.63) is 69.8 Å². The Morgan fingerprint density at radius 1 is 1.23 bits per heavy atom. The Bertz CT molecular complexity index is 1050. The molecule has 1 atom stereocenters. The number of anilines is 1. The molecule has 0 spiro atoms. The number of carbonyl (C=O) groups is 2. The highest BCUT2D eigenvalue weighted by Crippen LogP contribution is 2.36. The zero-order valence-corrected chi connectivity index (χ0v) is 18.6. The number of benzene rings is 2. The monoisotopic (exact) mass is 435 g/mol. The van der Waals surface area contributed by atoms with Gasteiger partial charge in [0.1, 0.15) is 5.75 Å². The van der Waals surface area contributed by atoms with E-state index < -0.39 is 0 Å². The van der Waals surface area contributed by atoms with Crippen molar-refractivity contribution in [1.29, 1.82) is 5.26 Å². The van der Waals surface area contributed by atoms with Crippen LogP contribution in [0.4, 0.5) is 5.69 Å². The molecule has 1 heterocycles. The molecular formula is C24H25N3O3S. The van der Waals surface area contributed by atoms with Crippen molar-refractivity contribution in [3.8, 4) is 11.8 Å². The van der Waals surface area contributed by atoms with Crippen molar-refractivity contribution in [1.82, 2.24) is 5.32 Å². The van der Waals surface area contributed by atoms with Gasteiger partial charge >= 0.3 is 0 Å². The highest BCUT2D eigenvalue weighted by molar-refractivity contribution is 8.03. The first-order valence-electron chi connectivity index (χ1n) is 10.1. The maximum absolute atomic E-state index is 12.4. The first kappa shape index (κ1) is 22.4. The van der Waals surface area contributed by atoms with E-state index in [1.807, 2.05) is 63.2 Å². The van der Waals surface area contributed by atoms with Gasteiger partial charge in [0.25, 0.3) is 0 Å². The number of nitrogens with zero attached hydrogens (tertiary/aromatic N) is 1. The van der Waals surface area contributed by atoms with E-state index in [1.165, 1.54) is 11.8 Å². The number of ether oxygens (including phenoxy) is 1. The number of allylic oxidation sites excluding steroid dienone is 1. The molecular weight excluding hydrogens is 410 g/mol. The van der Waals surface area contributed by atoms with Crippen molar-refractivity contribution in [3.63, 3.8) is 0 Å². The number of amides is 2. The fraction of sp³-hybridized carbons (Fsp3) is 0.292. The minimum absolute atomic E-state index is 0.0870. The van der Waals surface area contributed by atoms with Gasteiger partial charge < -0.3 is 15.4 Å². The van der Waals surface area contributed by atoms with Gasteiger partial charge in [0, 0.05) is 18.0 Å². The van der Waals surface area contributed by atoms with Crippen LogP contribution in [0.15, 0.2) is 53.1 Å². The van der Waals surface area contributed by atoms with E-state index in [0.29, 0.717) is 17.2 Å². The van der Waals surface area contributed by atoms with Gasteiger partial charge in [0.2, 0.25) is 11.8 Å². The highest BCUT2D eigenvalue weighted by Gasteiger charge is 2.29. The molecule has 3 rings (SSSR count). The third-order valence-electron chi connectivity index (χ3n) is 5.09. The second kappa shape index (κ2) is 10.2. The molecule has 0 unspecified atom stereocenters. The van der Waals surface area contributed by atoms with Gasteiger partial charge in [-0.2, -0.15) is 5.26 Å². The fourth-order valence-corrected chi connectivity index (χ4v) is 4.21. The Hall–Kier alpha value is -3.24. The lowest BCUT2D eigenvalue weighted by atomic mass is 9.87. The number of carbonyl (C=O) groups excluding carboxylic acids is 2. The van der Waals surface area contributed by atoms with Crippen LogP contribution in [0.1, 0.15) is 36.0 Å².